The van der Waals surface area contributed by atoms with Gasteiger partial charge >= 0.3 is 6.18 Å². The second-order valence-corrected chi connectivity index (χ2v) is 15.2. The van der Waals surface area contributed by atoms with Crippen molar-refractivity contribution < 1.29 is 36.7 Å². The quantitative estimate of drug-likeness (QED) is 0.0945. The maximum atomic E-state index is 14.8. The summed E-state index contributed by atoms with van der Waals surface area (Å²) in [4.78, 5) is 62.5. The van der Waals surface area contributed by atoms with E-state index >= 15 is 0 Å². The molecule has 5 atom stereocenters. The van der Waals surface area contributed by atoms with Crippen LogP contribution in [0.2, 0.25) is 0 Å². The highest BCUT2D eigenvalue weighted by atomic mass is 19.4. The van der Waals surface area contributed by atoms with Crippen LogP contribution in [0.25, 0.3) is 10.9 Å². The normalized spacial score (nSPS) is 17.8. The number of para-hydroxylation sites is 1. The smallest absolute Gasteiger partial charge is 0.358 e. The Labute approximate surface area is 319 Å². The van der Waals surface area contributed by atoms with Gasteiger partial charge in [-0.15, -0.1) is 0 Å². The number of nitrogens with zero attached hydrogens (tertiary/aromatic N) is 1. The standard InChI is InChI=1S/C43H50F4N4O4/c1-5-26(3)30(25-49-39(54)20-28-15-18-48-19-16-28)22-38(53)42(17-14-37-34(24-42)32-11-9-12-35(40(32)50-37)43(45,46)47)51-41(55)33(27(4)6-2)23-31(52)21-29-10-7-8-13-36(29)44/h7-13,15-16,18-19,26-27,30,33,50H,5-6,14,17,20-25H2,1-4H3,(H,49,54)(H,51,55)/t26?,27?,30-,33+,42-/m1/s1. The van der Waals surface area contributed by atoms with Crippen LogP contribution >= 0.6 is 0 Å². The van der Waals surface area contributed by atoms with E-state index in [1.54, 1.807) is 36.7 Å². The predicted octanol–water partition coefficient (Wildman–Crippen LogP) is 7.91. The van der Waals surface area contributed by atoms with Crippen LogP contribution < -0.4 is 10.6 Å². The Morgan fingerprint density at radius 3 is 2.29 bits per heavy atom. The molecule has 0 radical (unpaired) electrons. The number of aromatic nitrogens is 2. The highest BCUT2D eigenvalue weighted by Gasteiger charge is 2.46. The van der Waals surface area contributed by atoms with Gasteiger partial charge in [-0.3, -0.25) is 24.2 Å². The zero-order valence-electron chi connectivity index (χ0n) is 31.8. The molecule has 2 aromatic carbocycles. The summed E-state index contributed by atoms with van der Waals surface area (Å²) in [5.41, 5.74) is -0.263. The topological polar surface area (TPSA) is 121 Å². The van der Waals surface area contributed by atoms with Gasteiger partial charge in [-0.1, -0.05) is 70.9 Å². The molecule has 1 aliphatic rings. The molecule has 2 amide bonds. The number of H-pyrrole nitrogens is 1. The van der Waals surface area contributed by atoms with Crippen molar-refractivity contribution in [3.63, 3.8) is 0 Å². The number of aromatic amines is 1. The lowest BCUT2D eigenvalue weighted by Gasteiger charge is -2.40. The third-order valence-corrected chi connectivity index (χ3v) is 11.5. The molecule has 0 saturated heterocycles. The van der Waals surface area contributed by atoms with E-state index in [1.807, 2.05) is 27.7 Å². The van der Waals surface area contributed by atoms with Gasteiger partial charge in [-0.05, 0) is 71.6 Å². The molecule has 0 bridgehead atoms. The maximum Gasteiger partial charge on any atom is 0.418 e. The van der Waals surface area contributed by atoms with Crippen LogP contribution in [0.15, 0.2) is 67.0 Å². The van der Waals surface area contributed by atoms with Gasteiger partial charge in [0.25, 0.3) is 0 Å². The monoisotopic (exact) mass is 762 g/mol. The number of pyridine rings is 1. The predicted molar refractivity (Wildman–Crippen MR) is 202 cm³/mol. The average molecular weight is 763 g/mol. The van der Waals surface area contributed by atoms with Crippen molar-refractivity contribution in [3.05, 3.63) is 101 Å². The Hall–Kier alpha value is -4.87. The van der Waals surface area contributed by atoms with Gasteiger partial charge in [0.2, 0.25) is 11.8 Å². The zero-order chi connectivity index (χ0) is 39.9. The number of aryl methyl sites for hydroxylation is 1. The van der Waals surface area contributed by atoms with Gasteiger partial charge < -0.3 is 15.6 Å². The zero-order valence-corrected chi connectivity index (χ0v) is 31.8. The number of alkyl halides is 3. The first-order valence-corrected chi connectivity index (χ1v) is 19.1. The van der Waals surface area contributed by atoms with Crippen LogP contribution in [0.4, 0.5) is 17.6 Å². The molecule has 3 N–H and O–H groups in total. The van der Waals surface area contributed by atoms with E-state index in [2.05, 4.69) is 20.6 Å². The van der Waals surface area contributed by atoms with E-state index in [-0.39, 0.29) is 97.8 Å². The Kier molecular flexibility index (Phi) is 13.3. The molecule has 0 fully saturated rings. The second kappa shape index (κ2) is 17.7. The van der Waals surface area contributed by atoms with E-state index < -0.39 is 34.9 Å². The molecule has 2 unspecified atom stereocenters. The molecule has 1 aliphatic carbocycles. The Morgan fingerprint density at radius 2 is 1.62 bits per heavy atom. The number of carbonyl (C=O) groups excluding carboxylic acids is 4. The van der Waals surface area contributed by atoms with Crippen LogP contribution in [-0.2, 0) is 51.0 Å². The van der Waals surface area contributed by atoms with E-state index in [1.165, 1.54) is 24.3 Å². The summed E-state index contributed by atoms with van der Waals surface area (Å²) in [6, 6.07) is 13.4. The molecular formula is C43H50F4N4O4. The van der Waals surface area contributed by atoms with Crippen LogP contribution in [-0.4, -0.2) is 45.4 Å². The SMILES string of the molecule is CCC(C)[C@@H](CNC(=O)Cc1ccncc1)CC(=O)[C@@]1(NC(=O)[C@@H](CC(=O)Cc2ccccc2F)C(C)CC)CCc2[nH]c3c(C(F)(F)F)cccc3c2C1. The van der Waals surface area contributed by atoms with E-state index in [4.69, 9.17) is 0 Å². The number of hydrogen-bond donors (Lipinski definition) is 3. The van der Waals surface area contributed by atoms with Crippen molar-refractivity contribution >= 4 is 34.3 Å². The van der Waals surface area contributed by atoms with Crippen LogP contribution in [0.1, 0.15) is 87.7 Å². The van der Waals surface area contributed by atoms with Gasteiger partial charge in [-0.25, -0.2) is 4.39 Å². The third kappa shape index (κ3) is 9.87. The number of amides is 2. The minimum absolute atomic E-state index is 0.00313. The van der Waals surface area contributed by atoms with Gasteiger partial charge in [-0.2, -0.15) is 13.2 Å². The summed E-state index contributed by atoms with van der Waals surface area (Å²) < 4.78 is 56.7. The van der Waals surface area contributed by atoms with Crippen LogP contribution in [0, 0.1) is 29.5 Å². The van der Waals surface area contributed by atoms with Crippen molar-refractivity contribution in [2.75, 3.05) is 6.54 Å². The molecule has 2 heterocycles. The summed E-state index contributed by atoms with van der Waals surface area (Å²) in [5, 5.41) is 6.39. The molecule has 0 aliphatic heterocycles. The summed E-state index contributed by atoms with van der Waals surface area (Å²) >= 11 is 0. The maximum absolute atomic E-state index is 14.8. The lowest BCUT2D eigenvalue weighted by molar-refractivity contribution is -0.137. The molecule has 0 saturated carbocycles. The largest absolute Gasteiger partial charge is 0.418 e. The van der Waals surface area contributed by atoms with Crippen molar-refractivity contribution in [3.8, 4) is 0 Å². The van der Waals surface area contributed by atoms with E-state index in [0.29, 0.717) is 29.5 Å². The molecule has 12 heteroatoms. The summed E-state index contributed by atoms with van der Waals surface area (Å²) in [6.45, 7) is 7.94. The number of benzene rings is 2. The van der Waals surface area contributed by atoms with Gasteiger partial charge in [0.05, 0.1) is 17.5 Å². The fraction of sp³-hybridized carbons (Fsp3) is 0.465. The van der Waals surface area contributed by atoms with Crippen molar-refractivity contribution in [1.29, 1.82) is 0 Å². The molecule has 55 heavy (non-hydrogen) atoms. The molecule has 294 valence electrons. The van der Waals surface area contributed by atoms with Crippen LogP contribution in [0.3, 0.4) is 0 Å². The van der Waals surface area contributed by atoms with Gasteiger partial charge in [0.1, 0.15) is 17.1 Å². The number of fused-ring (bicyclic) bond motifs is 3. The minimum atomic E-state index is -4.61. The average Bonchev–Trinajstić information content (AvgIpc) is 3.53. The first-order chi connectivity index (χ1) is 26.2. The Morgan fingerprint density at radius 1 is 0.909 bits per heavy atom. The molecule has 2 aromatic heterocycles. The number of carbonyl (C=O) groups is 4. The van der Waals surface area contributed by atoms with E-state index in [0.717, 1.165) is 11.6 Å². The minimum Gasteiger partial charge on any atom is -0.358 e. The number of ketones is 2. The summed E-state index contributed by atoms with van der Waals surface area (Å²) in [7, 11) is 0. The summed E-state index contributed by atoms with van der Waals surface area (Å²) in [6.07, 6.45) is -0.101. The molecule has 4 aromatic rings. The number of hydrogen-bond acceptors (Lipinski definition) is 5. The lowest BCUT2D eigenvalue weighted by atomic mass is 9.72. The van der Waals surface area contributed by atoms with Crippen molar-refractivity contribution in [1.82, 2.24) is 20.6 Å². The van der Waals surface area contributed by atoms with Crippen LogP contribution in [0.5, 0.6) is 0 Å². The number of nitrogens with one attached hydrogen (secondary N) is 3. The fourth-order valence-corrected chi connectivity index (χ4v) is 7.69. The first-order valence-electron chi connectivity index (χ1n) is 19.1. The number of Topliss-reactive ketones (excluding diaryl/α,β-unsaturated/α-hetero) is 2. The molecule has 0 spiro atoms. The van der Waals surface area contributed by atoms with Crippen molar-refractivity contribution in [2.24, 2.45) is 23.7 Å². The Bertz CT molecular complexity index is 2000. The highest BCUT2D eigenvalue weighted by Crippen LogP contribution is 2.41. The van der Waals surface area contributed by atoms with E-state index in [9.17, 15) is 36.7 Å². The number of rotatable bonds is 17. The summed E-state index contributed by atoms with van der Waals surface area (Å²) in [5.74, 6) is -3.27. The molecule has 8 nitrogen and oxygen atoms in total. The number of halogens is 4. The molecule has 5 rings (SSSR count). The highest BCUT2D eigenvalue weighted by molar-refractivity contribution is 5.97. The second-order valence-electron chi connectivity index (χ2n) is 15.2. The van der Waals surface area contributed by atoms with Gasteiger partial charge in [0, 0.05) is 61.6 Å². The molecular weight excluding hydrogens is 712 g/mol. The lowest BCUT2D eigenvalue weighted by Crippen LogP contribution is -2.60. The van der Waals surface area contributed by atoms with Gasteiger partial charge in [0.15, 0.2) is 5.78 Å². The Balaban J connectivity index is 1.46. The van der Waals surface area contributed by atoms with Crippen molar-refractivity contribution in [2.45, 2.75) is 97.2 Å². The first kappa shape index (κ1) is 41.3. The third-order valence-electron chi connectivity index (χ3n) is 11.5. The fourth-order valence-electron chi connectivity index (χ4n) is 7.69.